The van der Waals surface area contributed by atoms with Crippen molar-refractivity contribution in [3.63, 3.8) is 0 Å². The molecule has 1 N–H and O–H groups in total. The number of esters is 1. The van der Waals surface area contributed by atoms with Crippen molar-refractivity contribution in [1.29, 1.82) is 0 Å². The van der Waals surface area contributed by atoms with Gasteiger partial charge in [0, 0.05) is 6.20 Å². The highest BCUT2D eigenvalue weighted by molar-refractivity contribution is 5.75. The summed E-state index contributed by atoms with van der Waals surface area (Å²) in [5.41, 5.74) is -0.513. The molecule has 0 fully saturated rings. The van der Waals surface area contributed by atoms with Crippen molar-refractivity contribution in [1.82, 2.24) is 19.7 Å². The molecule has 0 amide bonds. The van der Waals surface area contributed by atoms with E-state index in [1.165, 1.54) is 17.2 Å². The van der Waals surface area contributed by atoms with Gasteiger partial charge in [0.2, 0.25) is 0 Å². The van der Waals surface area contributed by atoms with Gasteiger partial charge in [-0.2, -0.15) is 0 Å². The Kier molecular flexibility index (Phi) is 2.90. The van der Waals surface area contributed by atoms with Gasteiger partial charge in [0.25, 0.3) is 5.56 Å². The van der Waals surface area contributed by atoms with E-state index in [1.807, 2.05) is 0 Å². The normalized spacial score (nSPS) is 11.7. The molecule has 7 heteroatoms. The number of hydrogen-bond donors (Lipinski definition) is 1. The number of ether oxygens (including phenoxy) is 1. The minimum atomic E-state index is -0.567. The van der Waals surface area contributed by atoms with Crippen LogP contribution in [0.1, 0.15) is 20.8 Å². The Balaban J connectivity index is 2.16. The van der Waals surface area contributed by atoms with Crippen LogP contribution in [0.15, 0.2) is 17.3 Å². The Morgan fingerprint density at radius 3 is 2.83 bits per heavy atom. The average Bonchev–Trinajstić information content (AvgIpc) is 2.69. The number of nitrogens with zero attached hydrogens (tertiary/aromatic N) is 3. The predicted octanol–water partition coefficient (Wildman–Crippen LogP) is 0.666. The number of rotatable bonds is 2. The molecular formula is C11H14N4O3. The first-order valence-electron chi connectivity index (χ1n) is 5.46. The van der Waals surface area contributed by atoms with Crippen LogP contribution in [0.25, 0.3) is 11.0 Å². The van der Waals surface area contributed by atoms with E-state index in [4.69, 9.17) is 4.74 Å². The molecule has 0 aliphatic heterocycles. The molecule has 0 spiro atoms. The van der Waals surface area contributed by atoms with Crippen LogP contribution in [0.3, 0.4) is 0 Å². The van der Waals surface area contributed by atoms with Gasteiger partial charge < -0.3 is 9.72 Å². The van der Waals surface area contributed by atoms with E-state index in [0.29, 0.717) is 11.0 Å². The third-order valence-corrected chi connectivity index (χ3v) is 2.31. The van der Waals surface area contributed by atoms with Gasteiger partial charge in [0.05, 0.1) is 11.7 Å². The van der Waals surface area contributed by atoms with Crippen LogP contribution in [-0.2, 0) is 16.3 Å². The third-order valence-electron chi connectivity index (χ3n) is 2.31. The summed E-state index contributed by atoms with van der Waals surface area (Å²) < 4.78 is 6.46. The van der Waals surface area contributed by atoms with Crippen LogP contribution in [0.2, 0.25) is 0 Å². The lowest BCUT2D eigenvalue weighted by atomic mass is 9.98. The first-order chi connectivity index (χ1) is 8.38. The summed E-state index contributed by atoms with van der Waals surface area (Å²) in [6.07, 6.45) is 2.78. The van der Waals surface area contributed by atoms with Crippen LogP contribution in [0.4, 0.5) is 0 Å². The van der Waals surface area contributed by atoms with E-state index in [1.54, 1.807) is 20.8 Å². The van der Waals surface area contributed by atoms with Crippen LogP contribution >= 0.6 is 0 Å². The Morgan fingerprint density at radius 1 is 1.50 bits per heavy atom. The number of carbonyl (C=O) groups is 1. The highest BCUT2D eigenvalue weighted by Crippen LogP contribution is 2.15. The van der Waals surface area contributed by atoms with E-state index >= 15 is 0 Å². The first-order valence-corrected chi connectivity index (χ1v) is 5.46. The molecule has 0 radical (unpaired) electrons. The number of H-pyrrole nitrogens is 1. The second kappa shape index (κ2) is 4.25. The number of aromatic amines is 1. The molecule has 0 saturated carbocycles. The minimum absolute atomic E-state index is 0.0358. The SMILES string of the molecule is CC(C)(C)C(=O)OCn1cc2c(=O)[nH]cnc2n1. The summed E-state index contributed by atoms with van der Waals surface area (Å²) in [5.74, 6) is -0.330. The molecule has 0 unspecified atom stereocenters. The zero-order chi connectivity index (χ0) is 13.3. The molecule has 0 saturated heterocycles. The van der Waals surface area contributed by atoms with Gasteiger partial charge in [-0.15, -0.1) is 5.10 Å². The van der Waals surface area contributed by atoms with Crippen molar-refractivity contribution < 1.29 is 9.53 Å². The quantitative estimate of drug-likeness (QED) is 0.791. The molecule has 0 aliphatic rings. The van der Waals surface area contributed by atoms with Crippen LogP contribution in [0.5, 0.6) is 0 Å². The van der Waals surface area contributed by atoms with Crippen molar-refractivity contribution in [3.8, 4) is 0 Å². The van der Waals surface area contributed by atoms with E-state index in [2.05, 4.69) is 15.1 Å². The van der Waals surface area contributed by atoms with E-state index in [0.717, 1.165) is 0 Å². The number of nitrogens with one attached hydrogen (secondary N) is 1. The molecule has 0 bridgehead atoms. The molecular weight excluding hydrogens is 236 g/mol. The smallest absolute Gasteiger partial charge is 0.313 e. The highest BCUT2D eigenvalue weighted by Gasteiger charge is 2.23. The van der Waals surface area contributed by atoms with Gasteiger partial charge >= 0.3 is 5.97 Å². The Morgan fingerprint density at radius 2 is 2.22 bits per heavy atom. The summed E-state index contributed by atoms with van der Waals surface area (Å²) in [5, 5.41) is 4.40. The standard InChI is InChI=1S/C11H14N4O3/c1-11(2,3)10(17)18-6-15-4-7-8(14-15)12-5-13-9(7)16/h4-5H,6H2,1-3H3,(H,12,13,14,16). The topological polar surface area (TPSA) is 89.9 Å². The average molecular weight is 250 g/mol. The monoisotopic (exact) mass is 250 g/mol. The maximum atomic E-state index is 11.6. The minimum Gasteiger partial charge on any atom is -0.442 e. The summed E-state index contributed by atoms with van der Waals surface area (Å²) in [6, 6.07) is 0. The molecule has 0 aromatic carbocycles. The molecule has 96 valence electrons. The van der Waals surface area contributed by atoms with Crippen molar-refractivity contribution >= 4 is 17.0 Å². The Hall–Kier alpha value is -2.18. The maximum Gasteiger partial charge on any atom is 0.313 e. The third kappa shape index (κ3) is 2.39. The fraction of sp³-hybridized carbons (Fsp3) is 0.455. The number of aromatic nitrogens is 4. The number of carbonyl (C=O) groups excluding carboxylic acids is 1. The van der Waals surface area contributed by atoms with Crippen molar-refractivity contribution in [2.45, 2.75) is 27.5 Å². The van der Waals surface area contributed by atoms with Gasteiger partial charge in [-0.3, -0.25) is 9.59 Å². The van der Waals surface area contributed by atoms with Gasteiger partial charge in [-0.1, -0.05) is 0 Å². The van der Waals surface area contributed by atoms with Crippen LogP contribution in [-0.4, -0.2) is 25.7 Å². The summed E-state index contributed by atoms with van der Waals surface area (Å²) in [7, 11) is 0. The molecule has 18 heavy (non-hydrogen) atoms. The highest BCUT2D eigenvalue weighted by atomic mass is 16.5. The maximum absolute atomic E-state index is 11.6. The fourth-order valence-corrected chi connectivity index (χ4v) is 1.30. The molecule has 0 atom stereocenters. The Labute approximate surface area is 103 Å². The second-order valence-electron chi connectivity index (χ2n) is 4.95. The molecule has 7 nitrogen and oxygen atoms in total. The lowest BCUT2D eigenvalue weighted by Crippen LogP contribution is -2.24. The van der Waals surface area contributed by atoms with Crippen LogP contribution < -0.4 is 5.56 Å². The zero-order valence-electron chi connectivity index (χ0n) is 10.4. The van der Waals surface area contributed by atoms with Gasteiger partial charge in [-0.05, 0) is 20.8 Å². The van der Waals surface area contributed by atoms with Crippen molar-refractivity contribution in [2.75, 3.05) is 0 Å². The molecule has 0 aliphatic carbocycles. The number of hydrogen-bond acceptors (Lipinski definition) is 5. The molecule has 2 heterocycles. The number of fused-ring (bicyclic) bond motifs is 1. The first kappa shape index (κ1) is 12.3. The fourth-order valence-electron chi connectivity index (χ4n) is 1.30. The van der Waals surface area contributed by atoms with Crippen molar-refractivity contribution in [2.24, 2.45) is 5.41 Å². The Bertz CT molecular complexity index is 636. The van der Waals surface area contributed by atoms with Gasteiger partial charge in [0.1, 0.15) is 5.39 Å². The lowest BCUT2D eigenvalue weighted by Gasteiger charge is -2.16. The molecule has 2 rings (SSSR count). The van der Waals surface area contributed by atoms with Gasteiger partial charge in [-0.25, -0.2) is 9.67 Å². The second-order valence-corrected chi connectivity index (χ2v) is 4.95. The zero-order valence-corrected chi connectivity index (χ0v) is 10.4. The van der Waals surface area contributed by atoms with E-state index < -0.39 is 5.41 Å². The molecule has 2 aromatic rings. The summed E-state index contributed by atoms with van der Waals surface area (Å²) in [4.78, 5) is 29.4. The van der Waals surface area contributed by atoms with Gasteiger partial charge in [0.15, 0.2) is 12.4 Å². The lowest BCUT2D eigenvalue weighted by molar-refractivity contribution is -0.157. The molecule has 2 aromatic heterocycles. The summed E-state index contributed by atoms with van der Waals surface area (Å²) in [6.45, 7) is 5.26. The van der Waals surface area contributed by atoms with Crippen LogP contribution in [0, 0.1) is 5.41 Å². The predicted molar refractivity (Wildman–Crippen MR) is 63.7 cm³/mol. The summed E-state index contributed by atoms with van der Waals surface area (Å²) >= 11 is 0. The largest absolute Gasteiger partial charge is 0.442 e. The van der Waals surface area contributed by atoms with E-state index in [-0.39, 0.29) is 18.3 Å². The van der Waals surface area contributed by atoms with E-state index in [9.17, 15) is 9.59 Å². The van der Waals surface area contributed by atoms with Crippen molar-refractivity contribution in [3.05, 3.63) is 22.9 Å².